The molecule has 0 radical (unpaired) electrons. The Bertz CT molecular complexity index is 4440. The number of anilines is 2. The molecule has 6 aromatic rings. The summed E-state index contributed by atoms with van der Waals surface area (Å²) in [5.74, 6) is -6.69. The van der Waals surface area contributed by atoms with E-state index < -0.39 is 183 Å². The second kappa shape index (κ2) is 28.5. The summed E-state index contributed by atoms with van der Waals surface area (Å²) in [7, 11) is -11.6. The average molecular weight is 1470 g/mol. The van der Waals surface area contributed by atoms with Crippen molar-refractivity contribution in [3.63, 3.8) is 0 Å². The van der Waals surface area contributed by atoms with Crippen molar-refractivity contribution in [3.05, 3.63) is 92.6 Å². The van der Waals surface area contributed by atoms with Crippen molar-refractivity contribution in [2.24, 2.45) is 11.8 Å². The van der Waals surface area contributed by atoms with Gasteiger partial charge in [-0.25, -0.2) is 49.1 Å². The number of carboxylic acid groups (broad SMARTS) is 2. The fourth-order valence-corrected chi connectivity index (χ4v) is 17.0. The predicted molar refractivity (Wildman–Crippen MR) is 328 cm³/mol. The summed E-state index contributed by atoms with van der Waals surface area (Å²) in [6.07, 6.45) is -10.1. The lowest BCUT2D eigenvalue weighted by molar-refractivity contribution is -0.154. The van der Waals surface area contributed by atoms with Gasteiger partial charge in [0.2, 0.25) is 11.8 Å². The molecule has 4 fully saturated rings. The summed E-state index contributed by atoms with van der Waals surface area (Å²) >= 11 is 3.98. The second-order valence-corrected chi connectivity index (χ2v) is 29.3. The van der Waals surface area contributed by atoms with Crippen LogP contribution in [0.2, 0.25) is 0 Å². The number of rotatable bonds is 24. The summed E-state index contributed by atoms with van der Waals surface area (Å²) in [6.45, 7) is -3.22. The van der Waals surface area contributed by atoms with Crippen molar-refractivity contribution in [2.75, 3.05) is 49.4 Å². The first-order valence-corrected chi connectivity index (χ1v) is 35.3. The number of carbonyl (C=O) groups excluding carboxylic acids is 6. The van der Waals surface area contributed by atoms with Crippen LogP contribution in [0.4, 0.5) is 21.2 Å². The molecule has 12 rings (SSSR count). The minimum Gasteiger partial charge on any atom is -0.477 e. The Morgan fingerprint density at radius 3 is 1.56 bits per heavy atom. The van der Waals surface area contributed by atoms with Crippen molar-refractivity contribution in [1.29, 1.82) is 0 Å². The quantitative estimate of drug-likeness (QED) is 0.0276. The van der Waals surface area contributed by atoms with Crippen molar-refractivity contribution < 1.29 is 117 Å². The van der Waals surface area contributed by atoms with E-state index in [0.29, 0.717) is 0 Å². The molecule has 4 amide bonds. The van der Waals surface area contributed by atoms with Crippen molar-refractivity contribution >= 4 is 147 Å². The standard InChI is InChI=1S/C26H27N7O13S3.C26H27N7O12S3/c27-20-16-21(29-9-28-20)32(10-30-16)23-19(36)18(35)15(46-23)7-45-49(42,43)31-26(40)44-6-11-8-48(41)24-14(22(37)33(24)17(11)25(38)39)5-12(34)4-13-2-1-3-47-13;27-20-16-21(29-9-28-20)32(10-30-16)23-19(36)18(35)15(45-23)7-44-48(41,42)31-26(40)43-6-11-8-47-24-14(22(37)33(24)17(11)25(38)39)5-12(34)4-13-2-1-3-46-13/h1-3,9-10,14-15,18-19,23-24,35-36H,4-8H2,(H,31,40)(H,38,39)(H2,27,28,29);1-3,9-10,14-15,18-19,23-24,35-36H,4-8H2,(H,31,40)(H,38,39)(H2,27,28,29)/t14-,15-,18-,19-,23-,24-,48?;14-,15-,18-,19-,23-,24-/m11/s1. The second-order valence-electron chi connectivity index (χ2n) is 21.9. The van der Waals surface area contributed by atoms with E-state index in [2.05, 4.69) is 29.9 Å². The number of ketones is 2. The summed E-state index contributed by atoms with van der Waals surface area (Å²) < 4.78 is 98.7. The van der Waals surface area contributed by atoms with Crippen LogP contribution < -0.4 is 20.9 Å². The molecule has 6 aliphatic rings. The van der Waals surface area contributed by atoms with E-state index in [9.17, 15) is 90.0 Å². The third kappa shape index (κ3) is 14.7. The van der Waals surface area contributed by atoms with Crippen molar-refractivity contribution in [3.8, 4) is 0 Å². The van der Waals surface area contributed by atoms with E-state index in [1.807, 2.05) is 17.5 Å². The summed E-state index contributed by atoms with van der Waals surface area (Å²) in [5.41, 5.74) is 11.1. The molecule has 45 heteroatoms. The number of hydrogen-bond donors (Lipinski definition) is 10. The van der Waals surface area contributed by atoms with Gasteiger partial charge in [-0.2, -0.15) is 26.3 Å². The van der Waals surface area contributed by atoms with Gasteiger partial charge in [-0.1, -0.05) is 12.1 Å². The number of ether oxygens (including phenoxy) is 4. The molecule has 4 saturated heterocycles. The summed E-state index contributed by atoms with van der Waals surface area (Å²) in [4.78, 5) is 127. The van der Waals surface area contributed by atoms with Crippen LogP contribution in [0.3, 0.4) is 0 Å². The molecule has 1 unspecified atom stereocenters. The van der Waals surface area contributed by atoms with Crippen LogP contribution in [0, 0.1) is 11.8 Å². The molecule has 0 aliphatic carbocycles. The fraction of sp³-hybridized carbons (Fsp3) is 0.423. The normalized spacial score (nSPS) is 26.2. The monoisotopic (exact) mass is 1470 g/mol. The Hall–Kier alpha value is -8.58. The number of amides is 4. The third-order valence-electron chi connectivity index (χ3n) is 15.6. The first-order valence-electron chi connectivity index (χ1n) is 28.3. The fourth-order valence-electron chi connectivity index (χ4n) is 11.1. The Labute approximate surface area is 559 Å². The Kier molecular flexibility index (Phi) is 20.5. The maximum atomic E-state index is 13.0. The van der Waals surface area contributed by atoms with Gasteiger partial charge in [0.1, 0.15) is 102 Å². The van der Waals surface area contributed by atoms with Gasteiger partial charge in [-0.05, 0) is 22.9 Å². The predicted octanol–water partition coefficient (Wildman–Crippen LogP) is -2.69. The third-order valence-corrected chi connectivity index (χ3v) is 22.2. The van der Waals surface area contributed by atoms with Crippen LogP contribution in [0.15, 0.2) is 82.9 Å². The number of carbonyl (C=O) groups is 8. The van der Waals surface area contributed by atoms with Crippen LogP contribution in [-0.4, -0.2) is 233 Å². The molecule has 12 heterocycles. The number of fused-ring (bicyclic) bond motifs is 4. The van der Waals surface area contributed by atoms with Gasteiger partial charge in [0.05, 0.1) is 48.8 Å². The van der Waals surface area contributed by atoms with E-state index >= 15 is 0 Å². The SMILES string of the molecule is Nc1ncnc2c1ncn2[C@@H]1O[C@H](COS(=O)(=O)NC(=O)OCC2=C(C(=O)O)N3C(=O)[C@@H](CC(=O)Cc4cccs4)[C@H]3S(=O)C2)[C@@H](O)[C@H]1O.Nc1ncnc2c1ncn2[C@@H]1O[C@H](COS(=O)(=O)NC(=O)OCC2=C(C(=O)O)N3C(=O)[C@@H](CC(=O)Cc4cccs4)[C@H]3SC2)[C@@H](O)[C@H]1O. The topological polar surface area (TPSA) is 568 Å². The number of hydrogen-bond acceptors (Lipinski definition) is 34. The minimum atomic E-state index is -4.91. The van der Waals surface area contributed by atoms with E-state index in [4.69, 9.17) is 38.8 Å². The average Bonchev–Trinajstić information content (AvgIpc) is 0.769. The highest BCUT2D eigenvalue weighted by molar-refractivity contribution is 8.00. The largest absolute Gasteiger partial charge is 0.477 e. The number of β-lactam (4-membered cyclic amide) rings is 2. The molecule has 518 valence electrons. The van der Waals surface area contributed by atoms with Crippen LogP contribution in [0.5, 0.6) is 0 Å². The van der Waals surface area contributed by atoms with Gasteiger partial charge in [0.25, 0.3) is 0 Å². The lowest BCUT2D eigenvalue weighted by Gasteiger charge is -2.49. The number of carboxylic acids is 2. The Balaban J connectivity index is 0.000000197. The van der Waals surface area contributed by atoms with Gasteiger partial charge >= 0.3 is 44.7 Å². The Morgan fingerprint density at radius 2 is 1.09 bits per heavy atom. The van der Waals surface area contributed by atoms with E-state index in [0.717, 1.165) is 32.2 Å². The van der Waals surface area contributed by atoms with E-state index in [1.165, 1.54) is 65.7 Å². The molecule has 6 aromatic heterocycles. The number of aliphatic hydroxyl groups is 4. The molecule has 6 aliphatic heterocycles. The number of aliphatic hydroxyl groups excluding tert-OH is 4. The maximum absolute atomic E-state index is 13.0. The molecule has 13 atom stereocenters. The van der Waals surface area contributed by atoms with E-state index in [-0.39, 0.29) is 88.1 Å². The lowest BCUT2D eigenvalue weighted by Crippen LogP contribution is -2.65. The smallest absolute Gasteiger partial charge is 0.423 e. The number of thioether (sulfide) groups is 1. The summed E-state index contributed by atoms with van der Waals surface area (Å²) in [5, 5.41) is 63.6. The lowest BCUT2D eigenvalue weighted by atomic mass is 9.89. The molecule has 12 N–H and O–H groups in total. The molecule has 0 saturated carbocycles. The molecule has 0 spiro atoms. The van der Waals surface area contributed by atoms with Crippen LogP contribution >= 0.6 is 34.4 Å². The van der Waals surface area contributed by atoms with Gasteiger partial charge in [0.15, 0.2) is 35.4 Å². The first-order chi connectivity index (χ1) is 46.1. The molecule has 0 aromatic carbocycles. The first kappa shape index (κ1) is 69.8. The van der Waals surface area contributed by atoms with Crippen LogP contribution in [-0.2, 0) is 100 Å². The number of Topliss-reactive ketones (excluding diaryl/α,β-unsaturated/α-hetero) is 2. The number of aliphatic carboxylic acids is 2. The van der Waals surface area contributed by atoms with Crippen molar-refractivity contribution in [2.45, 2.75) is 85.5 Å². The number of nitrogens with zero attached hydrogens (tertiary/aromatic N) is 10. The molecule has 0 bridgehead atoms. The molecular formula is C52H54N14O25S6. The minimum absolute atomic E-state index is 0.0352. The van der Waals surface area contributed by atoms with Gasteiger partial charge in [-0.3, -0.25) is 50.7 Å². The van der Waals surface area contributed by atoms with Gasteiger partial charge in [-0.15, -0.1) is 34.4 Å². The number of nitrogen functional groups attached to an aromatic ring is 2. The highest BCUT2D eigenvalue weighted by atomic mass is 32.2. The zero-order chi connectivity index (χ0) is 69.5. The zero-order valence-corrected chi connectivity index (χ0v) is 54.2. The maximum Gasteiger partial charge on any atom is 0.423 e. The van der Waals surface area contributed by atoms with Gasteiger partial charge in [0, 0.05) is 63.1 Å². The van der Waals surface area contributed by atoms with E-state index in [1.54, 1.807) is 17.5 Å². The molecular weight excluding hydrogens is 1410 g/mol. The number of nitrogens with two attached hydrogens (primary N) is 2. The molecule has 39 nitrogen and oxygen atoms in total. The highest BCUT2D eigenvalue weighted by Gasteiger charge is 2.58. The van der Waals surface area contributed by atoms with Crippen LogP contribution in [0.25, 0.3) is 22.3 Å². The number of thiophene rings is 2. The number of aromatic nitrogens is 8. The van der Waals surface area contributed by atoms with Crippen molar-refractivity contribution in [1.82, 2.24) is 58.3 Å². The summed E-state index contributed by atoms with van der Waals surface area (Å²) in [6, 6.07) is 7.15. The highest BCUT2D eigenvalue weighted by Crippen LogP contribution is 2.46. The number of nitrogens with one attached hydrogen (secondary N) is 2. The number of imidazole rings is 2. The zero-order valence-electron chi connectivity index (χ0n) is 49.3. The molecule has 97 heavy (non-hydrogen) atoms. The Morgan fingerprint density at radius 1 is 0.639 bits per heavy atom. The van der Waals surface area contributed by atoms with Crippen LogP contribution in [0.1, 0.15) is 35.1 Å². The van der Waals surface area contributed by atoms with Gasteiger partial charge < -0.3 is 61.1 Å².